The maximum Gasteiger partial charge on any atom is 0.180 e. The number of pyridine rings is 1. The standard InChI is InChI=1S/C11H11IN2OS/c1-3-16-11-10(7(2)15)13-9-5-4-8(12)6-14(9)11/h4-6H,3H2,1-2H3. The fourth-order valence-electron chi connectivity index (χ4n) is 1.50. The molecule has 0 atom stereocenters. The van der Waals surface area contributed by atoms with E-state index in [1.165, 1.54) is 0 Å². The highest BCUT2D eigenvalue weighted by Crippen LogP contribution is 2.25. The van der Waals surface area contributed by atoms with E-state index in [2.05, 4.69) is 34.5 Å². The van der Waals surface area contributed by atoms with Gasteiger partial charge in [-0.3, -0.25) is 9.20 Å². The Kier molecular flexibility index (Phi) is 3.53. The van der Waals surface area contributed by atoms with Crippen LogP contribution in [0.2, 0.25) is 0 Å². The lowest BCUT2D eigenvalue weighted by Gasteiger charge is -2.01. The van der Waals surface area contributed by atoms with Gasteiger partial charge in [0, 0.05) is 16.7 Å². The molecule has 0 bridgehead atoms. The Bertz CT molecular complexity index is 550. The van der Waals surface area contributed by atoms with Gasteiger partial charge < -0.3 is 0 Å². The summed E-state index contributed by atoms with van der Waals surface area (Å²) in [6.45, 7) is 3.63. The topological polar surface area (TPSA) is 34.4 Å². The van der Waals surface area contributed by atoms with Crippen LogP contribution < -0.4 is 0 Å². The molecule has 0 N–H and O–H groups in total. The molecule has 5 heteroatoms. The van der Waals surface area contributed by atoms with Crippen LogP contribution in [0.3, 0.4) is 0 Å². The maximum atomic E-state index is 11.5. The number of imidazole rings is 1. The highest BCUT2D eigenvalue weighted by atomic mass is 127. The summed E-state index contributed by atoms with van der Waals surface area (Å²) in [6, 6.07) is 3.93. The Labute approximate surface area is 112 Å². The van der Waals surface area contributed by atoms with Gasteiger partial charge in [-0.05, 0) is 40.5 Å². The van der Waals surface area contributed by atoms with Gasteiger partial charge in [0.25, 0.3) is 0 Å². The molecule has 0 saturated carbocycles. The molecule has 0 aliphatic carbocycles. The monoisotopic (exact) mass is 346 g/mol. The van der Waals surface area contributed by atoms with Crippen molar-refractivity contribution in [1.29, 1.82) is 0 Å². The van der Waals surface area contributed by atoms with Gasteiger partial charge in [0.2, 0.25) is 0 Å². The largest absolute Gasteiger partial charge is 0.293 e. The van der Waals surface area contributed by atoms with E-state index in [-0.39, 0.29) is 5.78 Å². The Hall–Kier alpha value is -0.560. The molecule has 0 radical (unpaired) electrons. The first-order valence-corrected chi connectivity index (χ1v) is 7.01. The third-order valence-corrected chi connectivity index (χ3v) is 3.74. The molecule has 84 valence electrons. The minimum absolute atomic E-state index is 0.0228. The van der Waals surface area contributed by atoms with Crippen molar-refractivity contribution in [1.82, 2.24) is 9.38 Å². The molecule has 2 aromatic heterocycles. The number of ketones is 1. The van der Waals surface area contributed by atoms with Gasteiger partial charge in [0.15, 0.2) is 5.78 Å². The first-order valence-electron chi connectivity index (χ1n) is 4.94. The minimum atomic E-state index is 0.0228. The van der Waals surface area contributed by atoms with Crippen LogP contribution in [-0.4, -0.2) is 20.9 Å². The lowest BCUT2D eigenvalue weighted by atomic mass is 10.3. The molecular formula is C11H11IN2OS. The second kappa shape index (κ2) is 4.75. The summed E-state index contributed by atoms with van der Waals surface area (Å²) in [7, 11) is 0. The Morgan fingerprint density at radius 2 is 2.31 bits per heavy atom. The van der Waals surface area contributed by atoms with Crippen LogP contribution >= 0.6 is 34.4 Å². The van der Waals surface area contributed by atoms with E-state index in [0.29, 0.717) is 5.69 Å². The minimum Gasteiger partial charge on any atom is -0.293 e. The second-order valence-corrected chi connectivity index (χ2v) is 5.83. The van der Waals surface area contributed by atoms with Gasteiger partial charge in [0.1, 0.15) is 16.4 Å². The summed E-state index contributed by atoms with van der Waals surface area (Å²) in [5.41, 5.74) is 1.41. The fourth-order valence-corrected chi connectivity index (χ4v) is 2.84. The third-order valence-electron chi connectivity index (χ3n) is 2.15. The number of halogens is 1. The maximum absolute atomic E-state index is 11.5. The van der Waals surface area contributed by atoms with Crippen LogP contribution in [0.4, 0.5) is 0 Å². The van der Waals surface area contributed by atoms with Crippen LogP contribution in [0.25, 0.3) is 5.65 Å². The third kappa shape index (κ3) is 2.10. The van der Waals surface area contributed by atoms with Crippen LogP contribution in [-0.2, 0) is 0 Å². The number of thioether (sulfide) groups is 1. The van der Waals surface area contributed by atoms with Gasteiger partial charge >= 0.3 is 0 Å². The van der Waals surface area contributed by atoms with Crippen LogP contribution in [0.5, 0.6) is 0 Å². The Morgan fingerprint density at radius 3 is 2.94 bits per heavy atom. The second-order valence-electron chi connectivity index (χ2n) is 3.33. The summed E-state index contributed by atoms with van der Waals surface area (Å²) >= 11 is 3.91. The fraction of sp³-hybridized carbons (Fsp3) is 0.273. The number of nitrogens with zero attached hydrogens (tertiary/aromatic N) is 2. The number of hydrogen-bond donors (Lipinski definition) is 0. The molecular weight excluding hydrogens is 335 g/mol. The van der Waals surface area contributed by atoms with Crippen molar-refractivity contribution in [3.8, 4) is 0 Å². The van der Waals surface area contributed by atoms with Crippen molar-refractivity contribution in [3.63, 3.8) is 0 Å². The summed E-state index contributed by atoms with van der Waals surface area (Å²) in [6.07, 6.45) is 2.01. The summed E-state index contributed by atoms with van der Waals surface area (Å²) in [5, 5.41) is 0.948. The van der Waals surface area contributed by atoms with Crippen molar-refractivity contribution in [2.45, 2.75) is 18.9 Å². The predicted molar refractivity (Wildman–Crippen MR) is 74.3 cm³/mol. The molecule has 0 fully saturated rings. The number of fused-ring (bicyclic) bond motifs is 1. The molecule has 0 aliphatic heterocycles. The molecule has 2 rings (SSSR count). The molecule has 0 spiro atoms. The highest BCUT2D eigenvalue weighted by Gasteiger charge is 2.15. The lowest BCUT2D eigenvalue weighted by Crippen LogP contribution is -1.96. The number of rotatable bonds is 3. The normalized spacial score (nSPS) is 10.9. The summed E-state index contributed by atoms with van der Waals surface area (Å²) < 4.78 is 3.13. The van der Waals surface area contributed by atoms with E-state index in [1.54, 1.807) is 18.7 Å². The number of hydrogen-bond acceptors (Lipinski definition) is 3. The SMILES string of the molecule is CCSc1c(C(C)=O)nc2ccc(I)cn12. The summed E-state index contributed by atoms with van der Waals surface area (Å²) in [4.78, 5) is 15.9. The first kappa shape index (κ1) is 11.9. The van der Waals surface area contributed by atoms with Crippen LogP contribution in [0.15, 0.2) is 23.4 Å². The van der Waals surface area contributed by atoms with E-state index in [1.807, 2.05) is 22.7 Å². The number of aromatic nitrogens is 2. The number of carbonyl (C=O) groups is 1. The average Bonchev–Trinajstić information content (AvgIpc) is 2.58. The van der Waals surface area contributed by atoms with E-state index < -0.39 is 0 Å². The van der Waals surface area contributed by atoms with E-state index >= 15 is 0 Å². The van der Waals surface area contributed by atoms with Crippen molar-refractivity contribution in [2.24, 2.45) is 0 Å². The zero-order chi connectivity index (χ0) is 11.7. The number of carbonyl (C=O) groups excluding carboxylic acids is 1. The van der Waals surface area contributed by atoms with Gasteiger partial charge in [-0.1, -0.05) is 6.92 Å². The van der Waals surface area contributed by atoms with Gasteiger partial charge in [-0.25, -0.2) is 4.98 Å². The summed E-state index contributed by atoms with van der Waals surface area (Å²) in [5.74, 6) is 0.953. The average molecular weight is 346 g/mol. The molecule has 0 unspecified atom stereocenters. The van der Waals surface area contributed by atoms with E-state index in [9.17, 15) is 4.79 Å². The molecule has 0 aromatic carbocycles. The van der Waals surface area contributed by atoms with Crippen molar-refractivity contribution < 1.29 is 4.79 Å². The van der Waals surface area contributed by atoms with Crippen LogP contribution in [0, 0.1) is 3.57 Å². The first-order chi connectivity index (χ1) is 7.63. The van der Waals surface area contributed by atoms with Gasteiger partial charge in [-0.15, -0.1) is 11.8 Å². The predicted octanol–water partition coefficient (Wildman–Crippen LogP) is 3.25. The van der Waals surface area contributed by atoms with Gasteiger partial charge in [-0.2, -0.15) is 0 Å². The Balaban J connectivity index is 2.71. The van der Waals surface area contributed by atoms with Crippen molar-refractivity contribution >= 4 is 45.8 Å². The smallest absolute Gasteiger partial charge is 0.180 e. The van der Waals surface area contributed by atoms with Crippen molar-refractivity contribution in [2.75, 3.05) is 5.75 Å². The quantitative estimate of drug-likeness (QED) is 0.486. The zero-order valence-corrected chi connectivity index (χ0v) is 12.0. The number of Topliss-reactive ketones (excluding diaryl/α,β-unsaturated/α-hetero) is 1. The zero-order valence-electron chi connectivity index (χ0n) is 9.03. The van der Waals surface area contributed by atoms with E-state index in [4.69, 9.17) is 0 Å². The molecule has 0 amide bonds. The highest BCUT2D eigenvalue weighted by molar-refractivity contribution is 14.1. The van der Waals surface area contributed by atoms with Gasteiger partial charge in [0.05, 0.1) is 0 Å². The lowest BCUT2D eigenvalue weighted by molar-refractivity contribution is 0.101. The van der Waals surface area contributed by atoms with Crippen molar-refractivity contribution in [3.05, 3.63) is 27.6 Å². The molecule has 3 nitrogen and oxygen atoms in total. The Morgan fingerprint density at radius 1 is 1.56 bits per heavy atom. The van der Waals surface area contributed by atoms with Crippen LogP contribution in [0.1, 0.15) is 24.3 Å². The molecule has 0 aliphatic rings. The molecule has 0 saturated heterocycles. The van der Waals surface area contributed by atoms with E-state index in [0.717, 1.165) is 20.0 Å². The molecule has 2 heterocycles. The molecule has 16 heavy (non-hydrogen) atoms. The molecule has 2 aromatic rings.